The van der Waals surface area contributed by atoms with Crippen molar-refractivity contribution in [1.29, 1.82) is 0 Å². The van der Waals surface area contributed by atoms with Gasteiger partial charge in [-0.05, 0) is 26.0 Å². The monoisotopic (exact) mass is 278 g/mol. The van der Waals surface area contributed by atoms with Crippen LogP contribution in [0.4, 0.5) is 8.78 Å². The van der Waals surface area contributed by atoms with Crippen LogP contribution in [0.5, 0.6) is 0 Å². The van der Waals surface area contributed by atoms with Crippen LogP contribution >= 0.6 is 0 Å². The second kappa shape index (κ2) is 6.21. The van der Waals surface area contributed by atoms with E-state index in [2.05, 4.69) is 5.32 Å². The molecule has 7 heteroatoms. The van der Waals surface area contributed by atoms with Crippen molar-refractivity contribution in [3.05, 3.63) is 35.4 Å². The third-order valence-electron chi connectivity index (χ3n) is 2.49. The van der Waals surface area contributed by atoms with E-state index in [-0.39, 0.29) is 11.8 Å². The van der Waals surface area contributed by atoms with Crippen LogP contribution in [0.2, 0.25) is 0 Å². The van der Waals surface area contributed by atoms with Gasteiger partial charge in [0.05, 0.1) is 5.75 Å². The highest BCUT2D eigenvalue weighted by Gasteiger charge is 2.11. The highest BCUT2D eigenvalue weighted by Crippen LogP contribution is 2.17. The molecule has 1 rings (SSSR count). The van der Waals surface area contributed by atoms with E-state index in [9.17, 15) is 17.2 Å². The van der Waals surface area contributed by atoms with E-state index in [0.717, 1.165) is 6.07 Å². The molecule has 18 heavy (non-hydrogen) atoms. The Hall–Kier alpha value is -1.05. The summed E-state index contributed by atoms with van der Waals surface area (Å²) in [6.07, 6.45) is 0.339. The number of nitrogens with one attached hydrogen (secondary N) is 1. The molecule has 0 fully saturated rings. The van der Waals surface area contributed by atoms with Crippen molar-refractivity contribution in [1.82, 2.24) is 5.32 Å². The number of hydrogen-bond acceptors (Lipinski definition) is 3. The van der Waals surface area contributed by atoms with Crippen molar-refractivity contribution in [2.24, 2.45) is 5.14 Å². The summed E-state index contributed by atoms with van der Waals surface area (Å²) in [4.78, 5) is 0. The number of benzene rings is 1. The molecule has 1 aromatic rings. The fourth-order valence-electron chi connectivity index (χ4n) is 1.55. The molecule has 1 atom stereocenters. The van der Waals surface area contributed by atoms with E-state index in [1.165, 1.54) is 12.1 Å². The maximum Gasteiger partial charge on any atom is 0.209 e. The van der Waals surface area contributed by atoms with Gasteiger partial charge in [-0.25, -0.2) is 22.3 Å². The Morgan fingerprint density at radius 2 is 2.06 bits per heavy atom. The maximum atomic E-state index is 13.4. The van der Waals surface area contributed by atoms with Gasteiger partial charge in [-0.3, -0.25) is 0 Å². The van der Waals surface area contributed by atoms with Crippen LogP contribution in [0.25, 0.3) is 0 Å². The topological polar surface area (TPSA) is 72.2 Å². The van der Waals surface area contributed by atoms with E-state index >= 15 is 0 Å². The molecule has 0 radical (unpaired) electrons. The second-order valence-corrected chi connectivity index (χ2v) is 5.80. The Labute approximate surface area is 105 Å². The number of primary sulfonamides is 1. The molecule has 1 unspecified atom stereocenters. The molecule has 4 nitrogen and oxygen atoms in total. The zero-order chi connectivity index (χ0) is 13.8. The maximum absolute atomic E-state index is 13.4. The minimum atomic E-state index is -3.46. The Bertz CT molecular complexity index is 506. The van der Waals surface area contributed by atoms with Gasteiger partial charge < -0.3 is 5.32 Å². The fourth-order valence-corrected chi connectivity index (χ4v) is 2.10. The standard InChI is InChI=1S/C11H16F2N2O2S/c1-8(15-5-2-6-18(14,16)17)10-4-3-9(12)7-11(10)13/h3-4,7-8,15H,2,5-6H2,1H3,(H2,14,16,17). The van der Waals surface area contributed by atoms with Gasteiger partial charge in [0, 0.05) is 17.7 Å². The zero-order valence-corrected chi connectivity index (χ0v) is 10.8. The lowest BCUT2D eigenvalue weighted by atomic mass is 10.1. The number of halogens is 2. The van der Waals surface area contributed by atoms with Gasteiger partial charge in [0.1, 0.15) is 11.6 Å². The normalized spacial score (nSPS) is 13.6. The predicted octanol–water partition coefficient (Wildman–Crippen LogP) is 1.29. The average Bonchev–Trinajstić information content (AvgIpc) is 2.22. The Morgan fingerprint density at radius 3 is 2.61 bits per heavy atom. The first-order chi connectivity index (χ1) is 8.29. The highest BCUT2D eigenvalue weighted by atomic mass is 32.2. The van der Waals surface area contributed by atoms with Crippen LogP contribution in [0.15, 0.2) is 18.2 Å². The molecule has 0 aliphatic heterocycles. The van der Waals surface area contributed by atoms with Crippen molar-refractivity contribution < 1.29 is 17.2 Å². The minimum Gasteiger partial charge on any atom is -0.310 e. The summed E-state index contributed by atoms with van der Waals surface area (Å²) >= 11 is 0. The molecule has 102 valence electrons. The van der Waals surface area contributed by atoms with Crippen LogP contribution in [0.3, 0.4) is 0 Å². The molecule has 1 aromatic carbocycles. The van der Waals surface area contributed by atoms with Crippen molar-refractivity contribution in [3.63, 3.8) is 0 Å². The number of hydrogen-bond donors (Lipinski definition) is 2. The summed E-state index contributed by atoms with van der Waals surface area (Å²) in [7, 11) is -3.46. The summed E-state index contributed by atoms with van der Waals surface area (Å²) in [5.41, 5.74) is 0.340. The molecule has 0 heterocycles. The van der Waals surface area contributed by atoms with E-state index in [4.69, 9.17) is 5.14 Å². The van der Waals surface area contributed by atoms with Gasteiger partial charge in [0.15, 0.2) is 0 Å². The third-order valence-corrected chi connectivity index (χ3v) is 3.34. The van der Waals surface area contributed by atoms with E-state index < -0.39 is 21.7 Å². The molecule has 0 spiro atoms. The van der Waals surface area contributed by atoms with Crippen LogP contribution in [0, 0.1) is 11.6 Å². The van der Waals surface area contributed by atoms with Gasteiger partial charge in [-0.1, -0.05) is 6.07 Å². The smallest absolute Gasteiger partial charge is 0.209 e. The molecule has 3 N–H and O–H groups in total. The van der Waals surface area contributed by atoms with Crippen molar-refractivity contribution >= 4 is 10.0 Å². The van der Waals surface area contributed by atoms with E-state index in [1.54, 1.807) is 6.92 Å². The second-order valence-electron chi connectivity index (χ2n) is 4.06. The van der Waals surface area contributed by atoms with Gasteiger partial charge in [0.2, 0.25) is 10.0 Å². The first-order valence-electron chi connectivity index (χ1n) is 5.48. The van der Waals surface area contributed by atoms with Gasteiger partial charge in [-0.15, -0.1) is 0 Å². The first-order valence-corrected chi connectivity index (χ1v) is 7.20. The summed E-state index contributed by atoms with van der Waals surface area (Å²) in [5, 5.41) is 7.80. The summed E-state index contributed by atoms with van der Waals surface area (Å²) in [5.74, 6) is -1.38. The van der Waals surface area contributed by atoms with Crippen molar-refractivity contribution in [3.8, 4) is 0 Å². The SMILES string of the molecule is CC(NCCCS(N)(=O)=O)c1ccc(F)cc1F. The molecule has 0 aromatic heterocycles. The van der Waals surface area contributed by atoms with E-state index in [1.807, 2.05) is 0 Å². The summed E-state index contributed by atoms with van der Waals surface area (Å²) in [6, 6.07) is 3.03. The third kappa shape index (κ3) is 5.07. The van der Waals surface area contributed by atoms with Crippen molar-refractivity contribution in [2.75, 3.05) is 12.3 Å². The van der Waals surface area contributed by atoms with Crippen molar-refractivity contribution in [2.45, 2.75) is 19.4 Å². The Morgan fingerprint density at radius 1 is 1.39 bits per heavy atom. The average molecular weight is 278 g/mol. The fraction of sp³-hybridized carbons (Fsp3) is 0.455. The van der Waals surface area contributed by atoms with E-state index in [0.29, 0.717) is 18.5 Å². The van der Waals surface area contributed by atoms with Gasteiger partial charge in [-0.2, -0.15) is 0 Å². The first kappa shape index (κ1) is 15.0. The summed E-state index contributed by atoms with van der Waals surface area (Å²) < 4.78 is 47.5. The molecule has 0 bridgehead atoms. The lowest BCUT2D eigenvalue weighted by molar-refractivity contribution is 0.516. The molecular weight excluding hydrogens is 262 g/mol. The van der Waals surface area contributed by atoms with Crippen LogP contribution in [-0.2, 0) is 10.0 Å². The number of rotatable bonds is 6. The van der Waals surface area contributed by atoms with Crippen LogP contribution < -0.4 is 10.5 Å². The van der Waals surface area contributed by atoms with Gasteiger partial charge >= 0.3 is 0 Å². The minimum absolute atomic E-state index is 0.126. The predicted molar refractivity (Wildman–Crippen MR) is 65.4 cm³/mol. The molecule has 0 saturated carbocycles. The Kier molecular flexibility index (Phi) is 5.18. The largest absolute Gasteiger partial charge is 0.310 e. The highest BCUT2D eigenvalue weighted by molar-refractivity contribution is 7.89. The zero-order valence-electron chi connectivity index (χ0n) is 9.99. The van der Waals surface area contributed by atoms with Crippen LogP contribution in [-0.4, -0.2) is 20.7 Å². The molecule has 0 amide bonds. The molecule has 0 aliphatic carbocycles. The molecular formula is C11H16F2N2O2S. The Balaban J connectivity index is 2.48. The summed E-state index contributed by atoms with van der Waals surface area (Å²) in [6.45, 7) is 2.10. The quantitative estimate of drug-likeness (QED) is 0.770. The van der Waals surface area contributed by atoms with Gasteiger partial charge in [0.25, 0.3) is 0 Å². The molecule has 0 saturated heterocycles. The number of sulfonamides is 1. The molecule has 0 aliphatic rings. The lowest BCUT2D eigenvalue weighted by Crippen LogP contribution is -2.24. The number of nitrogens with two attached hydrogens (primary N) is 1. The lowest BCUT2D eigenvalue weighted by Gasteiger charge is -2.14. The van der Waals surface area contributed by atoms with Crippen LogP contribution in [0.1, 0.15) is 24.9 Å².